The van der Waals surface area contributed by atoms with Gasteiger partial charge < -0.3 is 5.73 Å². The Bertz CT molecular complexity index is 454. The van der Waals surface area contributed by atoms with E-state index in [1.807, 2.05) is 0 Å². The summed E-state index contributed by atoms with van der Waals surface area (Å²) in [5.41, 5.74) is 4.58. The molecule has 1 rings (SSSR count). The maximum atomic E-state index is 13.0. The second-order valence-corrected chi connectivity index (χ2v) is 3.47. The van der Waals surface area contributed by atoms with Gasteiger partial charge in [0.1, 0.15) is 5.82 Å². The van der Waals surface area contributed by atoms with Crippen LogP contribution >= 0.6 is 0 Å². The Hall–Kier alpha value is -1.54. The number of benzene rings is 1. The van der Waals surface area contributed by atoms with Crippen LogP contribution in [0.2, 0.25) is 0 Å². The molecule has 1 aromatic rings. The molecule has 0 fully saturated rings. The van der Waals surface area contributed by atoms with Gasteiger partial charge in [0.15, 0.2) is 0 Å². The molecule has 5 heteroatoms. The van der Waals surface area contributed by atoms with Gasteiger partial charge in [-0.3, -0.25) is 0 Å². The average molecular weight is 245 g/mol. The first-order valence-electron chi connectivity index (χ1n) is 4.88. The molecule has 0 aliphatic carbocycles. The lowest BCUT2D eigenvalue weighted by atomic mass is 10.0. The van der Waals surface area contributed by atoms with E-state index in [0.717, 1.165) is 12.1 Å². The lowest BCUT2D eigenvalue weighted by molar-refractivity contribution is -0.140. The summed E-state index contributed by atoms with van der Waals surface area (Å²) in [6.07, 6.45) is -4.48. The zero-order chi connectivity index (χ0) is 13.1. The molecule has 17 heavy (non-hydrogen) atoms. The summed E-state index contributed by atoms with van der Waals surface area (Å²) in [5.74, 6) is 3.97. The predicted octanol–water partition coefficient (Wildman–Crippen LogP) is 3.26. The van der Waals surface area contributed by atoms with Crippen molar-refractivity contribution >= 4 is 0 Å². The third kappa shape index (κ3) is 3.46. The van der Waals surface area contributed by atoms with Gasteiger partial charge in [-0.15, -0.1) is 11.8 Å². The molecule has 0 aliphatic heterocycles. The Kier molecular flexibility index (Phi) is 4.13. The number of halogens is 4. The zero-order valence-electron chi connectivity index (χ0n) is 9.11. The molecule has 0 spiro atoms. The monoisotopic (exact) mass is 245 g/mol. The molecule has 0 heterocycles. The molecule has 1 nitrogen and oxygen atoms in total. The average Bonchev–Trinajstić information content (AvgIpc) is 2.25. The fraction of sp³-hybridized carbons (Fsp3) is 0.333. The molecule has 0 amide bonds. The van der Waals surface area contributed by atoms with Gasteiger partial charge in [-0.2, -0.15) is 13.2 Å². The Morgan fingerprint density at radius 3 is 2.53 bits per heavy atom. The highest BCUT2D eigenvalue weighted by Gasteiger charge is 2.34. The normalized spacial score (nSPS) is 12.8. The number of hydrogen-bond donors (Lipinski definition) is 1. The van der Waals surface area contributed by atoms with Gasteiger partial charge in [0.25, 0.3) is 0 Å². The van der Waals surface area contributed by atoms with E-state index in [9.17, 15) is 17.6 Å². The van der Waals surface area contributed by atoms with Crippen molar-refractivity contribution in [2.75, 3.05) is 0 Å². The topological polar surface area (TPSA) is 26.0 Å². The van der Waals surface area contributed by atoms with E-state index in [0.29, 0.717) is 0 Å². The standard InChI is InChI=1S/C12H11F4N/c1-2-3-4-11(17)8-5-6-10(13)9(7-8)12(14,15)16/h5-7,11H,4,17H2,1H3. The second kappa shape index (κ2) is 5.19. The molecule has 0 saturated carbocycles. The van der Waals surface area contributed by atoms with Crippen LogP contribution in [0.5, 0.6) is 0 Å². The summed E-state index contributed by atoms with van der Waals surface area (Å²) in [7, 11) is 0. The highest BCUT2D eigenvalue weighted by atomic mass is 19.4. The number of rotatable bonds is 2. The summed E-state index contributed by atoms with van der Waals surface area (Å²) >= 11 is 0. The van der Waals surface area contributed by atoms with Gasteiger partial charge in [0.2, 0.25) is 0 Å². The van der Waals surface area contributed by atoms with Gasteiger partial charge in [-0.25, -0.2) is 4.39 Å². The van der Waals surface area contributed by atoms with Crippen molar-refractivity contribution in [2.45, 2.75) is 25.6 Å². The van der Waals surface area contributed by atoms with Crippen molar-refractivity contribution < 1.29 is 17.6 Å². The minimum absolute atomic E-state index is 0.224. The van der Waals surface area contributed by atoms with Crippen molar-refractivity contribution in [3.63, 3.8) is 0 Å². The Labute approximate surface area is 96.6 Å². The minimum atomic E-state index is -4.71. The molecule has 1 aromatic carbocycles. The van der Waals surface area contributed by atoms with Crippen LogP contribution in [0.4, 0.5) is 17.6 Å². The predicted molar refractivity (Wildman–Crippen MR) is 56.4 cm³/mol. The smallest absolute Gasteiger partial charge is 0.323 e. The van der Waals surface area contributed by atoms with E-state index in [4.69, 9.17) is 5.73 Å². The summed E-state index contributed by atoms with van der Waals surface area (Å²) in [5, 5.41) is 0. The molecule has 1 atom stereocenters. The third-order valence-corrected chi connectivity index (χ3v) is 2.22. The van der Waals surface area contributed by atoms with E-state index >= 15 is 0 Å². The SMILES string of the molecule is CC#CCC(N)c1ccc(F)c(C(F)(F)F)c1. The largest absolute Gasteiger partial charge is 0.419 e. The molecule has 0 aliphatic rings. The molecule has 0 bridgehead atoms. The van der Waals surface area contributed by atoms with E-state index in [1.54, 1.807) is 6.92 Å². The fourth-order valence-corrected chi connectivity index (χ4v) is 1.32. The summed E-state index contributed by atoms with van der Waals surface area (Å²) < 4.78 is 50.3. The summed E-state index contributed by atoms with van der Waals surface area (Å²) in [4.78, 5) is 0. The van der Waals surface area contributed by atoms with E-state index in [-0.39, 0.29) is 12.0 Å². The number of alkyl halides is 3. The van der Waals surface area contributed by atoms with Crippen molar-refractivity contribution in [2.24, 2.45) is 5.73 Å². The third-order valence-electron chi connectivity index (χ3n) is 2.22. The van der Waals surface area contributed by atoms with Crippen LogP contribution < -0.4 is 5.73 Å². The zero-order valence-corrected chi connectivity index (χ0v) is 9.11. The summed E-state index contributed by atoms with van der Waals surface area (Å²) in [6.45, 7) is 1.61. The Morgan fingerprint density at radius 2 is 2.00 bits per heavy atom. The van der Waals surface area contributed by atoms with Crippen LogP contribution in [0.1, 0.15) is 30.5 Å². The van der Waals surface area contributed by atoms with Gasteiger partial charge >= 0.3 is 6.18 Å². The van der Waals surface area contributed by atoms with Crippen molar-refractivity contribution in [1.82, 2.24) is 0 Å². The van der Waals surface area contributed by atoms with Crippen LogP contribution in [-0.2, 0) is 6.18 Å². The van der Waals surface area contributed by atoms with Crippen LogP contribution in [-0.4, -0.2) is 0 Å². The molecule has 92 valence electrons. The van der Waals surface area contributed by atoms with Crippen LogP contribution in [0, 0.1) is 17.7 Å². The highest BCUT2D eigenvalue weighted by Crippen LogP contribution is 2.33. The number of nitrogens with two attached hydrogens (primary N) is 1. The Balaban J connectivity index is 3.07. The first-order valence-corrected chi connectivity index (χ1v) is 4.88. The Morgan fingerprint density at radius 1 is 1.35 bits per heavy atom. The lowest BCUT2D eigenvalue weighted by Gasteiger charge is -2.13. The minimum Gasteiger partial charge on any atom is -0.323 e. The molecular formula is C12H11F4N. The first-order chi connectivity index (χ1) is 7.86. The molecule has 1 unspecified atom stereocenters. The van der Waals surface area contributed by atoms with Crippen LogP contribution in [0.25, 0.3) is 0 Å². The van der Waals surface area contributed by atoms with Crippen LogP contribution in [0.3, 0.4) is 0 Å². The van der Waals surface area contributed by atoms with Crippen molar-refractivity contribution in [3.8, 4) is 11.8 Å². The van der Waals surface area contributed by atoms with Crippen molar-refractivity contribution in [3.05, 3.63) is 35.1 Å². The van der Waals surface area contributed by atoms with Gasteiger partial charge in [0.05, 0.1) is 5.56 Å². The van der Waals surface area contributed by atoms with E-state index in [1.165, 1.54) is 6.07 Å². The fourth-order valence-electron chi connectivity index (χ4n) is 1.32. The lowest BCUT2D eigenvalue weighted by Crippen LogP contribution is -2.13. The number of hydrogen-bond acceptors (Lipinski definition) is 1. The van der Waals surface area contributed by atoms with E-state index in [2.05, 4.69) is 11.8 Å². The van der Waals surface area contributed by atoms with Gasteiger partial charge in [-0.05, 0) is 24.6 Å². The van der Waals surface area contributed by atoms with Crippen molar-refractivity contribution in [1.29, 1.82) is 0 Å². The van der Waals surface area contributed by atoms with Crippen LogP contribution in [0.15, 0.2) is 18.2 Å². The first kappa shape index (κ1) is 13.5. The summed E-state index contributed by atoms with van der Waals surface area (Å²) in [6, 6.07) is 2.10. The molecule has 0 aromatic heterocycles. The van der Waals surface area contributed by atoms with E-state index < -0.39 is 23.6 Å². The second-order valence-electron chi connectivity index (χ2n) is 3.47. The quantitative estimate of drug-likeness (QED) is 0.628. The highest BCUT2D eigenvalue weighted by molar-refractivity contribution is 5.30. The molecular weight excluding hydrogens is 234 g/mol. The maximum Gasteiger partial charge on any atom is 0.419 e. The maximum absolute atomic E-state index is 13.0. The molecule has 2 N–H and O–H groups in total. The molecule has 0 radical (unpaired) electrons. The molecule has 0 saturated heterocycles. The van der Waals surface area contributed by atoms with Gasteiger partial charge in [-0.1, -0.05) is 6.07 Å². The van der Waals surface area contributed by atoms with Gasteiger partial charge in [0, 0.05) is 12.5 Å².